The number of nitrogens with zero attached hydrogens (tertiary/aromatic N) is 2. The lowest BCUT2D eigenvalue weighted by Gasteiger charge is -2.45. The highest BCUT2D eigenvalue weighted by Gasteiger charge is 2.29. The van der Waals surface area contributed by atoms with E-state index < -0.39 is 0 Å². The summed E-state index contributed by atoms with van der Waals surface area (Å²) in [6, 6.07) is 1.50. The van der Waals surface area contributed by atoms with Crippen LogP contribution in [0, 0.1) is 0 Å². The molecule has 0 radical (unpaired) electrons. The van der Waals surface area contributed by atoms with Gasteiger partial charge in [-0.25, -0.2) is 0 Å². The van der Waals surface area contributed by atoms with Crippen molar-refractivity contribution in [3.05, 3.63) is 0 Å². The van der Waals surface area contributed by atoms with Crippen molar-refractivity contribution < 1.29 is 5.11 Å². The van der Waals surface area contributed by atoms with Crippen LogP contribution in [-0.2, 0) is 0 Å². The van der Waals surface area contributed by atoms with E-state index in [2.05, 4.69) is 37.6 Å². The van der Waals surface area contributed by atoms with Crippen molar-refractivity contribution >= 4 is 0 Å². The number of likely N-dealkylation sites (N-methyl/N-ethyl adjacent to an activating group) is 1. The van der Waals surface area contributed by atoms with Crippen molar-refractivity contribution in [1.29, 1.82) is 0 Å². The SMILES string of the molecule is CC(C)N1C[C@H](CO)N(C)CC1C. The molecule has 0 aliphatic carbocycles. The van der Waals surface area contributed by atoms with Gasteiger partial charge in [0.2, 0.25) is 0 Å². The van der Waals surface area contributed by atoms with Gasteiger partial charge in [-0.3, -0.25) is 9.80 Å². The minimum atomic E-state index is 0.270. The number of aliphatic hydroxyl groups is 1. The molecule has 1 aliphatic heterocycles. The van der Waals surface area contributed by atoms with E-state index in [1.54, 1.807) is 0 Å². The summed E-state index contributed by atoms with van der Waals surface area (Å²) in [5.41, 5.74) is 0. The van der Waals surface area contributed by atoms with Gasteiger partial charge in [0.25, 0.3) is 0 Å². The van der Waals surface area contributed by atoms with Crippen LogP contribution in [0.1, 0.15) is 20.8 Å². The Kier molecular flexibility index (Phi) is 3.71. The van der Waals surface area contributed by atoms with Crippen LogP contribution in [0.25, 0.3) is 0 Å². The molecular weight excluding hydrogens is 164 g/mol. The highest BCUT2D eigenvalue weighted by atomic mass is 16.3. The second-order valence-electron chi connectivity index (χ2n) is 4.42. The largest absolute Gasteiger partial charge is 0.395 e. The van der Waals surface area contributed by atoms with Crippen molar-refractivity contribution in [2.24, 2.45) is 0 Å². The van der Waals surface area contributed by atoms with Gasteiger partial charge in [0.05, 0.1) is 6.61 Å². The monoisotopic (exact) mass is 186 g/mol. The zero-order chi connectivity index (χ0) is 10.0. The Hall–Kier alpha value is -0.120. The first-order chi connectivity index (χ1) is 6.06. The summed E-state index contributed by atoms with van der Waals surface area (Å²) in [5.74, 6) is 0. The van der Waals surface area contributed by atoms with E-state index in [1.165, 1.54) is 0 Å². The second kappa shape index (κ2) is 4.40. The van der Waals surface area contributed by atoms with Crippen LogP contribution in [0.2, 0.25) is 0 Å². The number of aliphatic hydroxyl groups excluding tert-OH is 1. The van der Waals surface area contributed by atoms with E-state index >= 15 is 0 Å². The Balaban J connectivity index is 2.58. The summed E-state index contributed by atoms with van der Waals surface area (Å²) >= 11 is 0. The smallest absolute Gasteiger partial charge is 0.0599 e. The van der Waals surface area contributed by atoms with E-state index in [0.717, 1.165) is 13.1 Å². The van der Waals surface area contributed by atoms with E-state index in [0.29, 0.717) is 18.1 Å². The molecule has 0 aromatic carbocycles. The van der Waals surface area contributed by atoms with Crippen molar-refractivity contribution in [2.45, 2.75) is 38.9 Å². The third-order valence-corrected chi connectivity index (χ3v) is 3.04. The van der Waals surface area contributed by atoms with E-state index in [-0.39, 0.29) is 6.61 Å². The first-order valence-electron chi connectivity index (χ1n) is 5.13. The fourth-order valence-electron chi connectivity index (χ4n) is 2.15. The molecule has 1 N–H and O–H groups in total. The summed E-state index contributed by atoms with van der Waals surface area (Å²) in [7, 11) is 2.09. The molecular formula is C10H22N2O. The highest BCUT2D eigenvalue weighted by Crippen LogP contribution is 2.15. The molecule has 0 aromatic rings. The Labute approximate surface area is 81.3 Å². The molecule has 2 atom stereocenters. The topological polar surface area (TPSA) is 26.7 Å². The maximum atomic E-state index is 9.18. The number of hydrogen-bond donors (Lipinski definition) is 1. The molecule has 0 saturated carbocycles. The Morgan fingerprint density at radius 1 is 1.38 bits per heavy atom. The van der Waals surface area contributed by atoms with E-state index in [9.17, 15) is 5.11 Å². The van der Waals surface area contributed by atoms with E-state index in [1.807, 2.05) is 0 Å². The number of rotatable bonds is 2. The minimum Gasteiger partial charge on any atom is -0.395 e. The average molecular weight is 186 g/mol. The van der Waals surface area contributed by atoms with Crippen molar-refractivity contribution in [2.75, 3.05) is 26.7 Å². The zero-order valence-electron chi connectivity index (χ0n) is 9.20. The van der Waals surface area contributed by atoms with Crippen LogP contribution in [0.5, 0.6) is 0 Å². The van der Waals surface area contributed by atoms with Gasteiger partial charge in [-0.15, -0.1) is 0 Å². The van der Waals surface area contributed by atoms with Gasteiger partial charge in [-0.1, -0.05) is 0 Å². The van der Waals surface area contributed by atoms with Gasteiger partial charge < -0.3 is 5.11 Å². The van der Waals surface area contributed by atoms with Crippen molar-refractivity contribution in [3.8, 4) is 0 Å². The lowest BCUT2D eigenvalue weighted by Crippen LogP contribution is -2.58. The van der Waals surface area contributed by atoms with Crippen LogP contribution in [0.3, 0.4) is 0 Å². The molecule has 3 nitrogen and oxygen atoms in total. The summed E-state index contributed by atoms with van der Waals surface area (Å²) in [6.45, 7) is 9.01. The van der Waals surface area contributed by atoms with Crippen LogP contribution < -0.4 is 0 Å². The standard InChI is InChI=1S/C10H22N2O/c1-8(2)12-6-10(7-13)11(4)5-9(12)3/h8-10,13H,5-7H2,1-4H3/t9?,10-/m1/s1. The fourth-order valence-corrected chi connectivity index (χ4v) is 2.15. The molecule has 0 bridgehead atoms. The molecule has 0 amide bonds. The van der Waals surface area contributed by atoms with Gasteiger partial charge in [0.1, 0.15) is 0 Å². The molecule has 1 fully saturated rings. The predicted octanol–water partition coefficient (Wildman–Crippen LogP) is 0.392. The highest BCUT2D eigenvalue weighted by molar-refractivity contribution is 4.86. The average Bonchev–Trinajstić information content (AvgIpc) is 2.03. The maximum Gasteiger partial charge on any atom is 0.0599 e. The molecule has 1 saturated heterocycles. The second-order valence-corrected chi connectivity index (χ2v) is 4.42. The molecule has 1 rings (SSSR count). The molecule has 1 heterocycles. The fraction of sp³-hybridized carbons (Fsp3) is 1.00. The summed E-state index contributed by atoms with van der Waals surface area (Å²) < 4.78 is 0. The predicted molar refractivity (Wildman–Crippen MR) is 54.8 cm³/mol. The zero-order valence-corrected chi connectivity index (χ0v) is 9.20. The Morgan fingerprint density at radius 3 is 2.46 bits per heavy atom. The van der Waals surface area contributed by atoms with Crippen LogP contribution in [0.15, 0.2) is 0 Å². The minimum absolute atomic E-state index is 0.270. The molecule has 0 aromatic heterocycles. The van der Waals surface area contributed by atoms with Crippen LogP contribution in [-0.4, -0.2) is 59.8 Å². The molecule has 0 spiro atoms. The van der Waals surface area contributed by atoms with Gasteiger partial charge in [0, 0.05) is 31.2 Å². The quantitative estimate of drug-likeness (QED) is 0.676. The lowest BCUT2D eigenvalue weighted by molar-refractivity contribution is 0.00904. The van der Waals surface area contributed by atoms with Crippen molar-refractivity contribution in [1.82, 2.24) is 9.80 Å². The Bertz CT molecular complexity index is 161. The third-order valence-electron chi connectivity index (χ3n) is 3.04. The summed E-state index contributed by atoms with van der Waals surface area (Å²) in [4.78, 5) is 4.71. The van der Waals surface area contributed by atoms with Crippen LogP contribution in [0.4, 0.5) is 0 Å². The first kappa shape index (κ1) is 11.0. The third kappa shape index (κ3) is 2.42. The van der Waals surface area contributed by atoms with Gasteiger partial charge >= 0.3 is 0 Å². The summed E-state index contributed by atoms with van der Waals surface area (Å²) in [5, 5.41) is 9.18. The molecule has 1 unspecified atom stereocenters. The normalized spacial score (nSPS) is 32.8. The first-order valence-corrected chi connectivity index (χ1v) is 5.13. The van der Waals surface area contributed by atoms with Crippen LogP contribution >= 0.6 is 0 Å². The van der Waals surface area contributed by atoms with Gasteiger partial charge in [0.15, 0.2) is 0 Å². The molecule has 78 valence electrons. The van der Waals surface area contributed by atoms with Crippen molar-refractivity contribution in [3.63, 3.8) is 0 Å². The number of piperazine rings is 1. The van der Waals surface area contributed by atoms with Gasteiger partial charge in [-0.2, -0.15) is 0 Å². The maximum absolute atomic E-state index is 9.18. The Morgan fingerprint density at radius 2 is 2.00 bits per heavy atom. The van der Waals surface area contributed by atoms with Gasteiger partial charge in [-0.05, 0) is 27.8 Å². The lowest BCUT2D eigenvalue weighted by atomic mass is 10.1. The number of hydrogen-bond acceptors (Lipinski definition) is 3. The molecule has 3 heteroatoms. The molecule has 1 aliphatic rings. The van der Waals surface area contributed by atoms with E-state index in [4.69, 9.17) is 0 Å². The summed E-state index contributed by atoms with van der Waals surface area (Å²) in [6.07, 6.45) is 0. The molecule has 13 heavy (non-hydrogen) atoms.